The molecule has 0 bridgehead atoms. The van der Waals surface area contributed by atoms with Gasteiger partial charge in [-0.15, -0.1) is 0 Å². The van der Waals surface area contributed by atoms with E-state index < -0.39 is 97.5 Å². The molecule has 602 valence electrons. The molecule has 0 fully saturated rings. The van der Waals surface area contributed by atoms with E-state index in [0.717, 1.165) is 161 Å². The van der Waals surface area contributed by atoms with Crippen LogP contribution in [0.15, 0.2) is 170 Å². The van der Waals surface area contributed by atoms with Gasteiger partial charge in [-0.1, -0.05) is 301 Å². The van der Waals surface area contributed by atoms with Gasteiger partial charge >= 0.3 is 39.5 Å². The summed E-state index contributed by atoms with van der Waals surface area (Å²) < 4.78 is 68.5. The summed E-state index contributed by atoms with van der Waals surface area (Å²) in [5.74, 6) is -2.33. The van der Waals surface area contributed by atoms with Gasteiger partial charge in [-0.05, 0) is 141 Å². The fourth-order valence-electron chi connectivity index (χ4n) is 10.2. The molecule has 17 nitrogen and oxygen atoms in total. The van der Waals surface area contributed by atoms with Gasteiger partial charge < -0.3 is 33.8 Å². The molecular formula is C87H142O17P2. The largest absolute Gasteiger partial charge is 0.472 e. The second-order valence-electron chi connectivity index (χ2n) is 26.2. The molecule has 3 N–H and O–H groups in total. The van der Waals surface area contributed by atoms with Gasteiger partial charge in [0.1, 0.15) is 19.3 Å². The van der Waals surface area contributed by atoms with Crippen LogP contribution in [0.2, 0.25) is 0 Å². The van der Waals surface area contributed by atoms with Crippen molar-refractivity contribution in [3.8, 4) is 0 Å². The van der Waals surface area contributed by atoms with Crippen molar-refractivity contribution in [2.24, 2.45) is 0 Å². The first-order valence-electron chi connectivity index (χ1n) is 40.4. The Morgan fingerprint density at radius 3 is 0.811 bits per heavy atom. The van der Waals surface area contributed by atoms with E-state index in [1.165, 1.54) is 51.4 Å². The number of aliphatic hydroxyl groups is 1. The third kappa shape index (κ3) is 76.6. The number of unbranched alkanes of at least 4 members (excludes halogenated alkanes) is 20. The predicted molar refractivity (Wildman–Crippen MR) is 436 cm³/mol. The number of aliphatic hydroxyl groups excluding tert-OH is 1. The van der Waals surface area contributed by atoms with Crippen LogP contribution >= 0.6 is 15.6 Å². The Morgan fingerprint density at radius 1 is 0.274 bits per heavy atom. The maximum Gasteiger partial charge on any atom is 0.472 e. The van der Waals surface area contributed by atoms with Crippen molar-refractivity contribution in [1.82, 2.24) is 0 Å². The van der Waals surface area contributed by atoms with Gasteiger partial charge in [-0.25, -0.2) is 9.13 Å². The number of phosphoric ester groups is 2. The molecule has 5 unspecified atom stereocenters. The highest BCUT2D eigenvalue weighted by molar-refractivity contribution is 7.47. The fraction of sp³-hybridized carbons (Fsp3) is 0.632. The molecule has 0 aromatic rings. The molecule has 5 atom stereocenters. The molecule has 19 heteroatoms. The number of carbonyl (C=O) groups is 4. The Labute approximate surface area is 642 Å². The van der Waals surface area contributed by atoms with Gasteiger partial charge in [-0.2, -0.15) is 0 Å². The number of hydrogen-bond acceptors (Lipinski definition) is 15. The van der Waals surface area contributed by atoms with Crippen LogP contribution in [-0.2, 0) is 65.4 Å². The molecule has 0 aliphatic carbocycles. The average Bonchev–Trinajstić information content (AvgIpc) is 0.900. The fourth-order valence-corrected chi connectivity index (χ4v) is 11.7. The summed E-state index contributed by atoms with van der Waals surface area (Å²) in [6.07, 6.45) is 92.0. The standard InChI is InChI=1S/C87H142O17P2/c1-5-9-13-17-21-25-29-33-36-39-40-43-45-49-52-56-60-64-68-72-85(90)97-77-82(103-86(91)73-69-65-61-57-53-47-32-28-24-20-16-12-8-4)79-101-105(93,94)99-75-81(88)76-100-106(95,96)102-80-83(104-87(92)74-70-66-62-58-54-50-46-42-38-35-31-27-23-19-15-11-7-3)78-98-84(89)71-67-63-59-55-51-48-44-41-37-34-30-26-22-18-14-10-6-2/h9-11,13-15,21-23,25-27,33-38,40,43-44,46,48-50,52,60,64,81-83,88H,5-8,12,16-20,24,28-32,39,41-42,45,47,51,53-59,61-63,65-80H2,1-4H3,(H,93,94)(H,95,96)/b13-9-,14-10-,15-11-,25-21-,26-22-,27-23-,36-33-,37-34-,38-35-,43-40-,48-44-,50-46-,52-49-,64-60-. The summed E-state index contributed by atoms with van der Waals surface area (Å²) in [5.41, 5.74) is 0. The van der Waals surface area contributed by atoms with Gasteiger partial charge in [0.25, 0.3) is 0 Å². The molecule has 106 heavy (non-hydrogen) atoms. The minimum absolute atomic E-state index is 0.0321. The van der Waals surface area contributed by atoms with Gasteiger partial charge in [0.05, 0.1) is 26.4 Å². The van der Waals surface area contributed by atoms with E-state index in [4.69, 9.17) is 37.0 Å². The molecule has 0 aliphatic rings. The quantitative estimate of drug-likeness (QED) is 0.0169. The maximum absolute atomic E-state index is 13.1. The van der Waals surface area contributed by atoms with Crippen molar-refractivity contribution in [3.63, 3.8) is 0 Å². The highest BCUT2D eigenvalue weighted by Gasteiger charge is 2.30. The van der Waals surface area contributed by atoms with Crippen LogP contribution in [0.1, 0.15) is 297 Å². The number of allylic oxidation sites excluding steroid dienone is 28. The second-order valence-corrected chi connectivity index (χ2v) is 29.1. The zero-order valence-corrected chi connectivity index (χ0v) is 67.6. The zero-order valence-electron chi connectivity index (χ0n) is 65.8. The van der Waals surface area contributed by atoms with E-state index in [0.29, 0.717) is 32.1 Å². The Balaban J connectivity index is 5.47. The Morgan fingerprint density at radius 2 is 0.509 bits per heavy atom. The summed E-state index contributed by atoms with van der Waals surface area (Å²) in [6.45, 7) is 4.39. The Kier molecular flexibility index (Phi) is 73.5. The van der Waals surface area contributed by atoms with Gasteiger partial charge in [0, 0.05) is 25.7 Å². The summed E-state index contributed by atoms with van der Waals surface area (Å²) in [4.78, 5) is 73.0. The molecule has 0 rings (SSSR count). The van der Waals surface area contributed by atoms with Crippen LogP contribution in [-0.4, -0.2) is 96.7 Å². The summed E-state index contributed by atoms with van der Waals surface area (Å²) in [6, 6.07) is 0. The normalized spacial score (nSPS) is 14.7. The number of carbonyl (C=O) groups excluding carboxylic acids is 4. The van der Waals surface area contributed by atoms with Gasteiger partial charge in [0.2, 0.25) is 0 Å². The van der Waals surface area contributed by atoms with Crippen LogP contribution in [0.4, 0.5) is 0 Å². The first-order chi connectivity index (χ1) is 51.7. The van der Waals surface area contributed by atoms with Crippen LogP contribution in [0.3, 0.4) is 0 Å². The van der Waals surface area contributed by atoms with Crippen molar-refractivity contribution in [2.45, 2.75) is 316 Å². The van der Waals surface area contributed by atoms with E-state index in [2.05, 4.69) is 180 Å². The lowest BCUT2D eigenvalue weighted by molar-refractivity contribution is -0.161. The summed E-state index contributed by atoms with van der Waals surface area (Å²) >= 11 is 0. The van der Waals surface area contributed by atoms with E-state index in [1.54, 1.807) is 0 Å². The highest BCUT2D eigenvalue weighted by atomic mass is 31.2. The maximum atomic E-state index is 13.1. The van der Waals surface area contributed by atoms with Crippen LogP contribution in [0.5, 0.6) is 0 Å². The molecule has 0 aromatic carbocycles. The van der Waals surface area contributed by atoms with Crippen molar-refractivity contribution in [1.29, 1.82) is 0 Å². The monoisotopic (exact) mass is 1520 g/mol. The smallest absolute Gasteiger partial charge is 0.462 e. The van der Waals surface area contributed by atoms with E-state index in [1.807, 2.05) is 18.2 Å². The minimum atomic E-state index is -5.00. The molecule has 0 aromatic heterocycles. The lowest BCUT2D eigenvalue weighted by atomic mass is 10.0. The molecule has 0 aliphatic heterocycles. The Hall–Kier alpha value is -5.58. The topological polar surface area (TPSA) is 237 Å². The minimum Gasteiger partial charge on any atom is -0.462 e. The molecule has 0 radical (unpaired) electrons. The number of rotatable bonds is 74. The number of esters is 4. The lowest BCUT2D eigenvalue weighted by Gasteiger charge is -2.21. The van der Waals surface area contributed by atoms with Crippen molar-refractivity contribution >= 4 is 39.5 Å². The average molecular weight is 1520 g/mol. The van der Waals surface area contributed by atoms with Crippen molar-refractivity contribution < 1.29 is 80.2 Å². The first-order valence-corrected chi connectivity index (χ1v) is 43.4. The molecule has 0 saturated carbocycles. The summed E-state index contributed by atoms with van der Waals surface area (Å²) in [7, 11) is -10.0. The number of phosphoric acid groups is 2. The Bertz CT molecular complexity index is 2680. The van der Waals surface area contributed by atoms with E-state index >= 15 is 0 Å². The van der Waals surface area contributed by atoms with Crippen LogP contribution in [0.25, 0.3) is 0 Å². The molecule has 0 heterocycles. The van der Waals surface area contributed by atoms with Crippen LogP contribution < -0.4 is 0 Å². The molecule has 0 amide bonds. The molecular weight excluding hydrogens is 1380 g/mol. The highest BCUT2D eigenvalue weighted by Crippen LogP contribution is 2.45. The zero-order chi connectivity index (χ0) is 77.4. The second kappa shape index (κ2) is 77.6. The SMILES string of the molecule is CC/C=C\C/C=C\C/C=C\C/C=C\C/C=C\C/C=C\CCC(=O)OCC(COP(=O)(O)OCC(O)COP(=O)(O)OCC(COC(=O)CCCCCC/C=C\C/C=C\C/C=C\C/C=C\CC)OC(=O)CCCCCC/C=C\C/C=C\C/C=C\C/C=C\CC)OC(=O)CCCCCCCCCCCCCCC. The summed E-state index contributed by atoms with van der Waals surface area (Å²) in [5, 5.41) is 10.6. The van der Waals surface area contributed by atoms with Crippen molar-refractivity contribution in [2.75, 3.05) is 39.6 Å². The van der Waals surface area contributed by atoms with Crippen molar-refractivity contribution in [3.05, 3.63) is 170 Å². The first kappa shape index (κ1) is 100. The molecule has 0 spiro atoms. The van der Waals surface area contributed by atoms with E-state index in [9.17, 15) is 43.2 Å². The third-order valence-corrected chi connectivity index (χ3v) is 18.1. The van der Waals surface area contributed by atoms with Gasteiger partial charge in [0.15, 0.2) is 12.2 Å². The lowest BCUT2D eigenvalue weighted by Crippen LogP contribution is -2.30. The third-order valence-electron chi connectivity index (χ3n) is 16.2. The van der Waals surface area contributed by atoms with Gasteiger partial charge in [-0.3, -0.25) is 37.3 Å². The number of hydrogen-bond donors (Lipinski definition) is 3. The molecule has 0 saturated heterocycles. The predicted octanol–water partition coefficient (Wildman–Crippen LogP) is 23.8. The van der Waals surface area contributed by atoms with E-state index in [-0.39, 0.29) is 25.7 Å². The van der Waals surface area contributed by atoms with Crippen LogP contribution in [0, 0.1) is 0 Å². The number of ether oxygens (including phenoxy) is 4.